The van der Waals surface area contributed by atoms with E-state index in [4.69, 9.17) is 0 Å². The third kappa shape index (κ3) is 3.05. The van der Waals surface area contributed by atoms with Crippen LogP contribution in [0.3, 0.4) is 0 Å². The third-order valence-corrected chi connectivity index (χ3v) is 4.31. The molecule has 21 heavy (non-hydrogen) atoms. The van der Waals surface area contributed by atoms with Crippen LogP contribution in [0.15, 0.2) is 36.5 Å². The minimum absolute atomic E-state index is 0.0597. The number of nitrogens with one attached hydrogen (secondary N) is 2. The van der Waals surface area contributed by atoms with Crippen LogP contribution in [0.2, 0.25) is 0 Å². The Morgan fingerprint density at radius 1 is 1.38 bits per heavy atom. The number of aromatic nitrogens is 1. The molecule has 1 aliphatic rings. The van der Waals surface area contributed by atoms with E-state index in [-0.39, 0.29) is 11.9 Å². The molecule has 110 valence electrons. The Kier molecular flexibility index (Phi) is 4.15. The standard InChI is InChI=1S/C17H21N3O/c1-2-12-8-10-19-16(11-12)17(21)20-15-7-3-6-14-13(15)5-4-9-18-14/h3-7,9,12,16,19H,2,8,10-11H2,1H3,(H,20,21). The van der Waals surface area contributed by atoms with Crippen LogP contribution < -0.4 is 10.6 Å². The third-order valence-electron chi connectivity index (χ3n) is 4.31. The first kappa shape index (κ1) is 14.0. The monoisotopic (exact) mass is 283 g/mol. The van der Waals surface area contributed by atoms with Crippen molar-refractivity contribution in [2.24, 2.45) is 5.92 Å². The second-order valence-corrected chi connectivity index (χ2v) is 5.67. The summed E-state index contributed by atoms with van der Waals surface area (Å²) in [7, 11) is 0. The summed E-state index contributed by atoms with van der Waals surface area (Å²) >= 11 is 0. The first-order valence-corrected chi connectivity index (χ1v) is 7.66. The van der Waals surface area contributed by atoms with Gasteiger partial charge in [0, 0.05) is 11.6 Å². The van der Waals surface area contributed by atoms with Crippen LogP contribution in [0.4, 0.5) is 5.69 Å². The van der Waals surface area contributed by atoms with Crippen molar-refractivity contribution in [3.8, 4) is 0 Å². The maximum atomic E-state index is 12.5. The zero-order valence-corrected chi connectivity index (χ0v) is 12.3. The van der Waals surface area contributed by atoms with Gasteiger partial charge in [-0.3, -0.25) is 9.78 Å². The lowest BCUT2D eigenvalue weighted by Crippen LogP contribution is -2.46. The highest BCUT2D eigenvalue weighted by molar-refractivity contribution is 6.02. The summed E-state index contributed by atoms with van der Waals surface area (Å²) in [5.74, 6) is 0.709. The average molecular weight is 283 g/mol. The highest BCUT2D eigenvalue weighted by Crippen LogP contribution is 2.23. The summed E-state index contributed by atoms with van der Waals surface area (Å²) in [6.45, 7) is 3.12. The number of carbonyl (C=O) groups is 1. The zero-order valence-electron chi connectivity index (χ0n) is 12.3. The molecular weight excluding hydrogens is 262 g/mol. The van der Waals surface area contributed by atoms with Gasteiger partial charge in [-0.1, -0.05) is 19.4 Å². The maximum absolute atomic E-state index is 12.5. The van der Waals surface area contributed by atoms with E-state index in [1.54, 1.807) is 6.20 Å². The zero-order chi connectivity index (χ0) is 14.7. The van der Waals surface area contributed by atoms with Gasteiger partial charge in [-0.2, -0.15) is 0 Å². The van der Waals surface area contributed by atoms with E-state index < -0.39 is 0 Å². The van der Waals surface area contributed by atoms with E-state index in [1.165, 1.54) is 6.42 Å². The predicted molar refractivity (Wildman–Crippen MR) is 85.2 cm³/mol. The smallest absolute Gasteiger partial charge is 0.241 e. The number of anilines is 1. The molecule has 1 saturated heterocycles. The van der Waals surface area contributed by atoms with Gasteiger partial charge in [-0.25, -0.2) is 0 Å². The van der Waals surface area contributed by atoms with Crippen LogP contribution in [0, 0.1) is 5.92 Å². The topological polar surface area (TPSA) is 54.0 Å². The number of carbonyl (C=O) groups excluding carboxylic acids is 1. The van der Waals surface area contributed by atoms with E-state index in [2.05, 4.69) is 22.5 Å². The van der Waals surface area contributed by atoms with Crippen LogP contribution in [0.5, 0.6) is 0 Å². The van der Waals surface area contributed by atoms with Gasteiger partial charge >= 0.3 is 0 Å². The van der Waals surface area contributed by atoms with Crippen LogP contribution in [-0.4, -0.2) is 23.5 Å². The first-order chi connectivity index (χ1) is 10.3. The molecule has 4 nitrogen and oxygen atoms in total. The Bertz CT molecular complexity index is 635. The summed E-state index contributed by atoms with van der Waals surface area (Å²) in [5, 5.41) is 7.36. The number of fused-ring (bicyclic) bond motifs is 1. The molecule has 2 aromatic rings. The second-order valence-electron chi connectivity index (χ2n) is 5.67. The van der Waals surface area contributed by atoms with E-state index in [1.807, 2.05) is 30.3 Å². The van der Waals surface area contributed by atoms with Crippen molar-refractivity contribution in [2.75, 3.05) is 11.9 Å². The SMILES string of the molecule is CCC1CCNC(C(=O)Nc2cccc3ncccc23)C1. The van der Waals surface area contributed by atoms with Crippen molar-refractivity contribution in [3.63, 3.8) is 0 Å². The normalized spacial score (nSPS) is 22.1. The molecule has 1 aliphatic heterocycles. The molecule has 1 aromatic carbocycles. The number of benzene rings is 1. The molecule has 0 spiro atoms. The molecule has 0 aliphatic carbocycles. The number of hydrogen-bond donors (Lipinski definition) is 2. The summed E-state index contributed by atoms with van der Waals surface area (Å²) in [6, 6.07) is 9.61. The van der Waals surface area contributed by atoms with E-state index in [9.17, 15) is 4.79 Å². The van der Waals surface area contributed by atoms with E-state index in [0.717, 1.165) is 36.0 Å². The van der Waals surface area contributed by atoms with Crippen molar-refractivity contribution in [2.45, 2.75) is 32.2 Å². The van der Waals surface area contributed by atoms with Gasteiger partial charge in [0.1, 0.15) is 0 Å². The van der Waals surface area contributed by atoms with Crippen molar-refractivity contribution in [1.29, 1.82) is 0 Å². The van der Waals surface area contributed by atoms with Gasteiger partial charge in [0.05, 0.1) is 17.2 Å². The molecule has 4 heteroatoms. The quantitative estimate of drug-likeness (QED) is 0.910. The van der Waals surface area contributed by atoms with Gasteiger partial charge in [0.2, 0.25) is 5.91 Å². The summed E-state index contributed by atoms with van der Waals surface area (Å²) < 4.78 is 0. The summed E-state index contributed by atoms with van der Waals surface area (Å²) in [6.07, 6.45) is 5.00. The number of hydrogen-bond acceptors (Lipinski definition) is 3. The lowest BCUT2D eigenvalue weighted by Gasteiger charge is -2.28. The average Bonchev–Trinajstić information content (AvgIpc) is 2.55. The fourth-order valence-corrected chi connectivity index (χ4v) is 3.00. The number of pyridine rings is 1. The lowest BCUT2D eigenvalue weighted by atomic mass is 9.90. The minimum atomic E-state index is -0.0874. The van der Waals surface area contributed by atoms with Gasteiger partial charge in [-0.15, -0.1) is 0 Å². The minimum Gasteiger partial charge on any atom is -0.324 e. The second kappa shape index (κ2) is 6.22. The molecule has 0 saturated carbocycles. The van der Waals surface area contributed by atoms with Crippen molar-refractivity contribution in [1.82, 2.24) is 10.3 Å². The van der Waals surface area contributed by atoms with E-state index in [0.29, 0.717) is 5.92 Å². The first-order valence-electron chi connectivity index (χ1n) is 7.66. The molecule has 1 fully saturated rings. The molecular formula is C17H21N3O. The van der Waals surface area contributed by atoms with Gasteiger partial charge < -0.3 is 10.6 Å². The Morgan fingerprint density at radius 3 is 3.14 bits per heavy atom. The van der Waals surface area contributed by atoms with Crippen LogP contribution in [0.25, 0.3) is 10.9 Å². The largest absolute Gasteiger partial charge is 0.324 e. The van der Waals surface area contributed by atoms with Crippen molar-refractivity contribution in [3.05, 3.63) is 36.5 Å². The summed E-state index contributed by atoms with van der Waals surface area (Å²) in [4.78, 5) is 16.8. The molecule has 2 N–H and O–H groups in total. The number of piperidine rings is 1. The maximum Gasteiger partial charge on any atom is 0.241 e. The van der Waals surface area contributed by atoms with Crippen molar-refractivity contribution >= 4 is 22.5 Å². The van der Waals surface area contributed by atoms with Crippen LogP contribution >= 0.6 is 0 Å². The Labute approximate surface area is 125 Å². The number of nitrogens with zero attached hydrogens (tertiary/aromatic N) is 1. The Balaban J connectivity index is 1.77. The van der Waals surface area contributed by atoms with Crippen molar-refractivity contribution < 1.29 is 4.79 Å². The van der Waals surface area contributed by atoms with Gasteiger partial charge in [0.15, 0.2) is 0 Å². The molecule has 2 heterocycles. The van der Waals surface area contributed by atoms with Crippen LogP contribution in [0.1, 0.15) is 26.2 Å². The molecule has 3 rings (SSSR count). The van der Waals surface area contributed by atoms with E-state index >= 15 is 0 Å². The Morgan fingerprint density at radius 2 is 2.29 bits per heavy atom. The Hall–Kier alpha value is -1.94. The number of amides is 1. The fourth-order valence-electron chi connectivity index (χ4n) is 3.00. The molecule has 0 bridgehead atoms. The highest BCUT2D eigenvalue weighted by atomic mass is 16.2. The van der Waals surface area contributed by atoms with Crippen LogP contribution in [-0.2, 0) is 4.79 Å². The predicted octanol–water partition coefficient (Wildman–Crippen LogP) is 2.95. The lowest BCUT2D eigenvalue weighted by molar-refractivity contribution is -0.119. The highest BCUT2D eigenvalue weighted by Gasteiger charge is 2.26. The molecule has 2 unspecified atom stereocenters. The van der Waals surface area contributed by atoms with Gasteiger partial charge in [-0.05, 0) is 49.6 Å². The molecule has 2 atom stereocenters. The van der Waals surface area contributed by atoms with Gasteiger partial charge in [0.25, 0.3) is 0 Å². The fraction of sp³-hybridized carbons (Fsp3) is 0.412. The molecule has 1 amide bonds. The number of rotatable bonds is 3. The summed E-state index contributed by atoms with van der Waals surface area (Å²) in [5.41, 5.74) is 1.74. The molecule has 0 radical (unpaired) electrons. The molecule has 1 aromatic heterocycles.